The van der Waals surface area contributed by atoms with E-state index in [0.717, 1.165) is 4.90 Å². The summed E-state index contributed by atoms with van der Waals surface area (Å²) in [7, 11) is 0. The summed E-state index contributed by atoms with van der Waals surface area (Å²) in [5.41, 5.74) is 6.32. The second-order valence-corrected chi connectivity index (χ2v) is 5.76. The number of nitrogens with zero attached hydrogens (tertiary/aromatic N) is 1. The van der Waals surface area contributed by atoms with Crippen molar-refractivity contribution in [3.8, 4) is 5.75 Å². The summed E-state index contributed by atoms with van der Waals surface area (Å²) in [5.74, 6) is 0.127. The smallest absolute Gasteiger partial charge is 0.296 e. The molecule has 7 nitrogen and oxygen atoms in total. The average molecular weight is 347 g/mol. The number of thioether (sulfide) groups is 1. The second kappa shape index (κ2) is 8.21. The number of rotatable bonds is 7. The van der Waals surface area contributed by atoms with Crippen molar-refractivity contribution < 1.29 is 14.5 Å². The first-order valence-electron chi connectivity index (χ1n) is 7.19. The van der Waals surface area contributed by atoms with E-state index in [1.165, 1.54) is 23.9 Å². The summed E-state index contributed by atoms with van der Waals surface area (Å²) in [5, 5.41) is 13.7. The normalized spacial score (nSPS) is 10.2. The Hall–Kier alpha value is -2.74. The minimum Gasteiger partial charge on any atom is -0.494 e. The number of anilines is 2. The van der Waals surface area contributed by atoms with Gasteiger partial charge in [-0.05, 0) is 31.2 Å². The van der Waals surface area contributed by atoms with Crippen molar-refractivity contribution in [3.63, 3.8) is 0 Å². The molecular weight excluding hydrogens is 330 g/mol. The monoisotopic (exact) mass is 347 g/mol. The highest BCUT2D eigenvalue weighted by Gasteiger charge is 2.17. The number of carbonyl (C=O) groups is 1. The molecule has 0 radical (unpaired) electrons. The quantitative estimate of drug-likeness (QED) is 0.344. The molecule has 0 aliphatic rings. The van der Waals surface area contributed by atoms with Crippen LogP contribution in [-0.2, 0) is 4.79 Å². The van der Waals surface area contributed by atoms with Crippen LogP contribution in [0.4, 0.5) is 17.1 Å². The van der Waals surface area contributed by atoms with Crippen molar-refractivity contribution >= 4 is 34.7 Å². The molecule has 0 aliphatic carbocycles. The molecule has 8 heteroatoms. The van der Waals surface area contributed by atoms with E-state index < -0.39 is 4.92 Å². The number of nitrogens with one attached hydrogen (secondary N) is 1. The molecule has 0 heterocycles. The van der Waals surface area contributed by atoms with Crippen LogP contribution < -0.4 is 15.8 Å². The summed E-state index contributed by atoms with van der Waals surface area (Å²) in [4.78, 5) is 23.4. The Balaban J connectivity index is 2.05. The number of nitrogen functional groups attached to an aromatic ring is 1. The van der Waals surface area contributed by atoms with Gasteiger partial charge in [-0.2, -0.15) is 0 Å². The number of benzene rings is 2. The molecule has 1 amide bonds. The van der Waals surface area contributed by atoms with Gasteiger partial charge in [0.15, 0.2) is 0 Å². The summed E-state index contributed by atoms with van der Waals surface area (Å²) < 4.78 is 5.24. The van der Waals surface area contributed by atoms with Crippen LogP contribution in [0.2, 0.25) is 0 Å². The van der Waals surface area contributed by atoms with Gasteiger partial charge in [0.25, 0.3) is 5.69 Å². The number of carbonyl (C=O) groups excluding carboxylic acids is 1. The maximum absolute atomic E-state index is 12.1. The number of amides is 1. The Labute approximate surface area is 143 Å². The Bertz CT molecular complexity index is 752. The summed E-state index contributed by atoms with van der Waals surface area (Å²) >= 11 is 1.27. The second-order valence-electron chi connectivity index (χ2n) is 4.74. The van der Waals surface area contributed by atoms with E-state index in [0.29, 0.717) is 18.0 Å². The molecule has 2 rings (SSSR count). The van der Waals surface area contributed by atoms with Gasteiger partial charge in [-0.3, -0.25) is 14.9 Å². The lowest BCUT2D eigenvalue weighted by Crippen LogP contribution is -2.15. The molecule has 0 atom stereocenters. The molecule has 0 fully saturated rings. The van der Waals surface area contributed by atoms with E-state index in [4.69, 9.17) is 10.5 Å². The maximum Gasteiger partial charge on any atom is 0.296 e. The molecule has 2 aromatic rings. The van der Waals surface area contributed by atoms with Gasteiger partial charge >= 0.3 is 0 Å². The first-order valence-corrected chi connectivity index (χ1v) is 8.18. The zero-order valence-corrected chi connectivity index (χ0v) is 13.8. The molecule has 0 aromatic heterocycles. The molecule has 2 aromatic carbocycles. The number of hydrogen-bond acceptors (Lipinski definition) is 6. The fourth-order valence-electron chi connectivity index (χ4n) is 1.97. The summed E-state index contributed by atoms with van der Waals surface area (Å²) in [6, 6.07) is 11.5. The Morgan fingerprint density at radius 3 is 2.75 bits per heavy atom. The SMILES string of the molecule is CCOc1ccc(NC(=O)CSc2ccccc2N)c([N+](=O)[O-])c1. The third kappa shape index (κ3) is 4.63. The topological polar surface area (TPSA) is 107 Å². The van der Waals surface area contributed by atoms with Crippen LogP contribution in [0.25, 0.3) is 0 Å². The van der Waals surface area contributed by atoms with Crippen molar-refractivity contribution in [2.24, 2.45) is 0 Å². The maximum atomic E-state index is 12.1. The van der Waals surface area contributed by atoms with Crippen molar-refractivity contribution in [2.45, 2.75) is 11.8 Å². The summed E-state index contributed by atoms with van der Waals surface area (Å²) in [6.07, 6.45) is 0. The highest BCUT2D eigenvalue weighted by Crippen LogP contribution is 2.30. The predicted molar refractivity (Wildman–Crippen MR) is 94.5 cm³/mol. The Kier molecular flexibility index (Phi) is 6.02. The average Bonchev–Trinajstić information content (AvgIpc) is 2.55. The van der Waals surface area contributed by atoms with Crippen LogP contribution in [0.1, 0.15) is 6.92 Å². The number of ether oxygens (including phenoxy) is 1. The number of nitro benzene ring substituents is 1. The molecular formula is C16H17N3O4S. The zero-order chi connectivity index (χ0) is 17.5. The highest BCUT2D eigenvalue weighted by atomic mass is 32.2. The van der Waals surface area contributed by atoms with Crippen LogP contribution in [0.15, 0.2) is 47.4 Å². The molecule has 0 aliphatic heterocycles. The minimum atomic E-state index is -0.555. The fourth-order valence-corrected chi connectivity index (χ4v) is 2.73. The first-order chi connectivity index (χ1) is 11.5. The van der Waals surface area contributed by atoms with Gasteiger partial charge in [-0.1, -0.05) is 12.1 Å². The minimum absolute atomic E-state index is 0.0958. The molecule has 0 bridgehead atoms. The van der Waals surface area contributed by atoms with E-state index in [9.17, 15) is 14.9 Å². The van der Waals surface area contributed by atoms with Gasteiger partial charge in [-0.15, -0.1) is 11.8 Å². The van der Waals surface area contributed by atoms with Crippen LogP contribution in [0.5, 0.6) is 5.75 Å². The molecule has 0 unspecified atom stereocenters. The lowest BCUT2D eigenvalue weighted by molar-refractivity contribution is -0.384. The van der Waals surface area contributed by atoms with Gasteiger partial charge in [0, 0.05) is 10.6 Å². The lowest BCUT2D eigenvalue weighted by Gasteiger charge is -2.09. The van der Waals surface area contributed by atoms with Gasteiger partial charge in [-0.25, -0.2) is 0 Å². The molecule has 3 N–H and O–H groups in total. The van der Waals surface area contributed by atoms with E-state index in [1.807, 2.05) is 18.2 Å². The molecule has 0 saturated carbocycles. The number of hydrogen-bond donors (Lipinski definition) is 2. The number of nitro groups is 1. The van der Waals surface area contributed by atoms with E-state index in [2.05, 4.69) is 5.32 Å². The predicted octanol–water partition coefficient (Wildman–Crippen LogP) is 3.31. The third-order valence-electron chi connectivity index (χ3n) is 3.03. The van der Waals surface area contributed by atoms with Gasteiger partial charge in [0.2, 0.25) is 5.91 Å². The van der Waals surface area contributed by atoms with E-state index in [1.54, 1.807) is 19.1 Å². The van der Waals surface area contributed by atoms with E-state index in [-0.39, 0.29) is 23.0 Å². The van der Waals surface area contributed by atoms with Gasteiger partial charge in [0.1, 0.15) is 11.4 Å². The number of para-hydroxylation sites is 1. The van der Waals surface area contributed by atoms with Crippen LogP contribution in [0, 0.1) is 10.1 Å². The molecule has 126 valence electrons. The lowest BCUT2D eigenvalue weighted by atomic mass is 10.2. The Morgan fingerprint density at radius 2 is 2.08 bits per heavy atom. The van der Waals surface area contributed by atoms with Crippen LogP contribution in [-0.4, -0.2) is 23.2 Å². The highest BCUT2D eigenvalue weighted by molar-refractivity contribution is 8.00. The van der Waals surface area contributed by atoms with E-state index >= 15 is 0 Å². The third-order valence-corrected chi connectivity index (χ3v) is 4.12. The molecule has 24 heavy (non-hydrogen) atoms. The van der Waals surface area contributed by atoms with Crippen molar-refractivity contribution in [1.82, 2.24) is 0 Å². The first kappa shape index (κ1) is 17.6. The van der Waals surface area contributed by atoms with Crippen molar-refractivity contribution in [1.29, 1.82) is 0 Å². The van der Waals surface area contributed by atoms with Crippen LogP contribution >= 0.6 is 11.8 Å². The fraction of sp³-hybridized carbons (Fsp3) is 0.188. The summed E-state index contributed by atoms with van der Waals surface area (Å²) in [6.45, 7) is 2.19. The van der Waals surface area contributed by atoms with Crippen molar-refractivity contribution in [3.05, 3.63) is 52.6 Å². The van der Waals surface area contributed by atoms with Crippen molar-refractivity contribution in [2.75, 3.05) is 23.4 Å². The van der Waals surface area contributed by atoms with Gasteiger partial charge in [0.05, 0.1) is 23.3 Å². The zero-order valence-electron chi connectivity index (χ0n) is 13.0. The molecule has 0 spiro atoms. The standard InChI is InChI=1S/C16H17N3O4S/c1-2-23-11-7-8-13(14(9-11)19(21)22)18-16(20)10-24-15-6-4-3-5-12(15)17/h3-9H,2,10,17H2,1H3,(H,18,20). The van der Waals surface area contributed by atoms with Crippen LogP contribution in [0.3, 0.4) is 0 Å². The Morgan fingerprint density at radius 1 is 1.33 bits per heavy atom. The largest absolute Gasteiger partial charge is 0.494 e. The molecule has 0 saturated heterocycles. The van der Waals surface area contributed by atoms with Gasteiger partial charge < -0.3 is 15.8 Å². The number of nitrogens with two attached hydrogens (primary N) is 1.